The van der Waals surface area contributed by atoms with Crippen molar-refractivity contribution < 1.29 is 9.13 Å². The van der Waals surface area contributed by atoms with Crippen molar-refractivity contribution in [3.05, 3.63) is 64.4 Å². The van der Waals surface area contributed by atoms with Crippen LogP contribution < -0.4 is 4.74 Å². The van der Waals surface area contributed by atoms with Crippen LogP contribution in [-0.2, 0) is 6.61 Å². The Kier molecular flexibility index (Phi) is 5.29. The Morgan fingerprint density at radius 2 is 2.00 bits per heavy atom. The van der Waals surface area contributed by atoms with Gasteiger partial charge in [-0.05, 0) is 30.3 Å². The van der Waals surface area contributed by atoms with Crippen LogP contribution >= 0.6 is 23.2 Å². The van der Waals surface area contributed by atoms with Gasteiger partial charge in [-0.1, -0.05) is 35.6 Å². The van der Waals surface area contributed by atoms with Crippen LogP contribution in [0.15, 0.2) is 42.5 Å². The molecule has 20 heavy (non-hydrogen) atoms. The first-order valence-electron chi connectivity index (χ1n) is 5.90. The van der Waals surface area contributed by atoms with Gasteiger partial charge in [-0.2, -0.15) is 0 Å². The van der Waals surface area contributed by atoms with E-state index in [9.17, 15) is 4.39 Å². The van der Waals surface area contributed by atoms with Gasteiger partial charge in [0.2, 0.25) is 0 Å². The van der Waals surface area contributed by atoms with Gasteiger partial charge in [0, 0.05) is 11.1 Å². The second kappa shape index (κ2) is 7.19. The first-order chi connectivity index (χ1) is 9.69. The fraction of sp³-hybridized carbons (Fsp3) is 0.125. The minimum Gasteiger partial charge on any atom is -0.489 e. The SMILES string of the molecule is Fc1ccc(COc2cccc(C#CCCl)c2)c(Cl)c1. The van der Waals surface area contributed by atoms with E-state index in [1.165, 1.54) is 12.1 Å². The van der Waals surface area contributed by atoms with E-state index < -0.39 is 0 Å². The maximum absolute atomic E-state index is 12.9. The molecule has 2 aromatic rings. The summed E-state index contributed by atoms with van der Waals surface area (Å²) in [6, 6.07) is 11.6. The lowest BCUT2D eigenvalue weighted by molar-refractivity contribution is 0.306. The Hall–Kier alpha value is -1.69. The van der Waals surface area contributed by atoms with Gasteiger partial charge in [-0.25, -0.2) is 4.39 Å². The molecule has 4 heteroatoms. The summed E-state index contributed by atoms with van der Waals surface area (Å²) in [6.07, 6.45) is 0. The minimum absolute atomic E-state index is 0.269. The second-order valence-electron chi connectivity index (χ2n) is 3.99. The maximum Gasteiger partial charge on any atom is 0.124 e. The molecule has 1 nitrogen and oxygen atoms in total. The highest BCUT2D eigenvalue weighted by atomic mass is 35.5. The average molecular weight is 309 g/mol. The highest BCUT2D eigenvalue weighted by Gasteiger charge is 2.03. The molecule has 0 N–H and O–H groups in total. The molecule has 0 aliphatic rings. The van der Waals surface area contributed by atoms with Crippen molar-refractivity contribution in [3.8, 4) is 17.6 Å². The van der Waals surface area contributed by atoms with Gasteiger partial charge in [0.1, 0.15) is 18.2 Å². The van der Waals surface area contributed by atoms with Crippen LogP contribution in [0.3, 0.4) is 0 Å². The lowest BCUT2D eigenvalue weighted by Crippen LogP contribution is -1.97. The number of hydrogen-bond donors (Lipinski definition) is 0. The molecule has 0 heterocycles. The lowest BCUT2D eigenvalue weighted by atomic mass is 10.2. The summed E-state index contributed by atoms with van der Waals surface area (Å²) in [5, 5.41) is 0.350. The predicted molar refractivity (Wildman–Crippen MR) is 79.8 cm³/mol. The van der Waals surface area contributed by atoms with E-state index in [1.807, 2.05) is 24.3 Å². The smallest absolute Gasteiger partial charge is 0.124 e. The molecule has 0 aromatic heterocycles. The predicted octanol–water partition coefficient (Wildman–Crippen LogP) is 4.65. The molecule has 0 spiro atoms. The average Bonchev–Trinajstić information content (AvgIpc) is 2.45. The molecule has 2 aromatic carbocycles. The summed E-state index contributed by atoms with van der Waals surface area (Å²) in [6.45, 7) is 0.269. The van der Waals surface area contributed by atoms with E-state index in [1.54, 1.807) is 6.07 Å². The molecule has 0 radical (unpaired) electrons. The fourth-order valence-corrected chi connectivity index (χ4v) is 1.89. The zero-order valence-corrected chi connectivity index (χ0v) is 12.0. The van der Waals surface area contributed by atoms with Crippen molar-refractivity contribution in [2.45, 2.75) is 6.61 Å². The normalized spacial score (nSPS) is 9.75. The molecule has 0 aliphatic heterocycles. The van der Waals surface area contributed by atoms with E-state index in [2.05, 4.69) is 11.8 Å². The molecule has 0 bridgehead atoms. The topological polar surface area (TPSA) is 9.23 Å². The molecular formula is C16H11Cl2FO. The Bertz CT molecular complexity index is 659. The van der Waals surface area contributed by atoms with Gasteiger partial charge in [0.05, 0.1) is 10.9 Å². The fourth-order valence-electron chi connectivity index (χ4n) is 1.60. The van der Waals surface area contributed by atoms with Crippen LogP contribution in [0.1, 0.15) is 11.1 Å². The molecule has 0 unspecified atom stereocenters. The summed E-state index contributed by atoms with van der Waals surface area (Å²) in [5.74, 6) is 6.29. The van der Waals surface area contributed by atoms with Crippen LogP contribution in [0.25, 0.3) is 0 Å². The van der Waals surface area contributed by atoms with Crippen molar-refractivity contribution in [2.75, 3.05) is 5.88 Å². The summed E-state index contributed by atoms with van der Waals surface area (Å²) in [5.41, 5.74) is 1.55. The zero-order valence-electron chi connectivity index (χ0n) is 10.5. The number of ether oxygens (including phenoxy) is 1. The van der Waals surface area contributed by atoms with Gasteiger partial charge >= 0.3 is 0 Å². The van der Waals surface area contributed by atoms with Crippen LogP contribution in [-0.4, -0.2) is 5.88 Å². The van der Waals surface area contributed by atoms with Crippen LogP contribution in [0, 0.1) is 17.7 Å². The highest BCUT2D eigenvalue weighted by molar-refractivity contribution is 6.31. The van der Waals surface area contributed by atoms with Crippen LogP contribution in [0.4, 0.5) is 4.39 Å². The van der Waals surface area contributed by atoms with Crippen molar-refractivity contribution >= 4 is 23.2 Å². The van der Waals surface area contributed by atoms with Gasteiger partial charge < -0.3 is 4.74 Å². The Balaban J connectivity index is 2.07. The van der Waals surface area contributed by atoms with Gasteiger partial charge in [-0.3, -0.25) is 0 Å². The molecule has 0 atom stereocenters. The number of benzene rings is 2. The second-order valence-corrected chi connectivity index (χ2v) is 4.66. The van der Waals surface area contributed by atoms with Crippen molar-refractivity contribution in [1.82, 2.24) is 0 Å². The van der Waals surface area contributed by atoms with Crippen LogP contribution in [0.5, 0.6) is 5.75 Å². The summed E-state index contributed by atoms with van der Waals surface area (Å²) in [7, 11) is 0. The van der Waals surface area contributed by atoms with Crippen molar-refractivity contribution in [3.63, 3.8) is 0 Å². The maximum atomic E-state index is 12.9. The third-order valence-corrected chi connectivity index (χ3v) is 3.03. The Labute approximate surface area is 127 Å². The first kappa shape index (κ1) is 14.7. The van der Waals surface area contributed by atoms with Crippen molar-refractivity contribution in [1.29, 1.82) is 0 Å². The first-order valence-corrected chi connectivity index (χ1v) is 6.82. The van der Waals surface area contributed by atoms with Crippen LogP contribution in [0.2, 0.25) is 5.02 Å². The zero-order chi connectivity index (χ0) is 14.4. The molecule has 2 rings (SSSR count). The molecule has 0 aliphatic carbocycles. The van der Waals surface area contributed by atoms with Gasteiger partial charge in [-0.15, -0.1) is 11.6 Å². The number of alkyl halides is 1. The quantitative estimate of drug-likeness (QED) is 0.592. The van der Waals surface area contributed by atoms with E-state index in [0.717, 1.165) is 11.1 Å². The lowest BCUT2D eigenvalue weighted by Gasteiger charge is -2.08. The summed E-state index contributed by atoms with van der Waals surface area (Å²) < 4.78 is 18.6. The van der Waals surface area contributed by atoms with Gasteiger partial charge in [0.25, 0.3) is 0 Å². The standard InChI is InChI=1S/C16H11Cl2FO/c17-8-2-4-12-3-1-5-15(9-12)20-11-13-6-7-14(19)10-16(13)18/h1,3,5-7,9-10H,8,11H2. The number of halogens is 3. The molecular weight excluding hydrogens is 298 g/mol. The third-order valence-electron chi connectivity index (χ3n) is 2.54. The monoisotopic (exact) mass is 308 g/mol. The Morgan fingerprint density at radius 3 is 2.75 bits per heavy atom. The summed E-state index contributed by atoms with van der Waals surface area (Å²) in [4.78, 5) is 0. The Morgan fingerprint density at radius 1 is 1.15 bits per heavy atom. The molecule has 0 saturated heterocycles. The number of hydrogen-bond acceptors (Lipinski definition) is 1. The van der Waals surface area contributed by atoms with E-state index in [4.69, 9.17) is 27.9 Å². The summed E-state index contributed by atoms with van der Waals surface area (Å²) >= 11 is 11.5. The number of rotatable bonds is 3. The molecule has 0 saturated carbocycles. The van der Waals surface area contributed by atoms with Crippen molar-refractivity contribution in [2.24, 2.45) is 0 Å². The molecule has 0 fully saturated rings. The highest BCUT2D eigenvalue weighted by Crippen LogP contribution is 2.20. The van der Waals surface area contributed by atoms with E-state index in [-0.39, 0.29) is 18.3 Å². The van der Waals surface area contributed by atoms with Gasteiger partial charge in [0.15, 0.2) is 0 Å². The van der Waals surface area contributed by atoms with E-state index in [0.29, 0.717) is 10.8 Å². The minimum atomic E-state index is -0.364. The van der Waals surface area contributed by atoms with E-state index >= 15 is 0 Å². The molecule has 0 amide bonds. The largest absolute Gasteiger partial charge is 0.489 e. The third kappa shape index (κ3) is 4.16. The molecule has 102 valence electrons.